The first-order valence-corrected chi connectivity index (χ1v) is 14.2. The minimum absolute atomic E-state index is 0.195. The summed E-state index contributed by atoms with van der Waals surface area (Å²) in [5.41, 5.74) is 10.8. The lowest BCUT2D eigenvalue weighted by Crippen LogP contribution is -2.41. The molecule has 1 saturated heterocycles. The molecule has 8 nitrogen and oxygen atoms in total. The van der Waals surface area contributed by atoms with Crippen LogP contribution in [0.5, 0.6) is 0 Å². The summed E-state index contributed by atoms with van der Waals surface area (Å²) in [5.74, 6) is 0.163. The molecule has 3 aromatic rings. The minimum atomic E-state index is -0.231. The number of hydrazine groups is 1. The monoisotopic (exact) mass is 583 g/mol. The number of likely N-dealkylation sites (tertiary alicyclic amines) is 1. The van der Waals surface area contributed by atoms with Gasteiger partial charge in [0.25, 0.3) is 5.91 Å². The van der Waals surface area contributed by atoms with Crippen LogP contribution in [0.25, 0.3) is 0 Å². The molecule has 0 bridgehead atoms. The molecule has 4 N–H and O–H groups in total. The second-order valence-corrected chi connectivity index (χ2v) is 11.2. The van der Waals surface area contributed by atoms with Crippen LogP contribution in [0.2, 0.25) is 10.0 Å². The van der Waals surface area contributed by atoms with E-state index in [9.17, 15) is 4.79 Å². The summed E-state index contributed by atoms with van der Waals surface area (Å²) in [7, 11) is 2.13. The third kappa shape index (κ3) is 6.61. The van der Waals surface area contributed by atoms with Gasteiger partial charge in [-0.3, -0.25) is 20.6 Å². The molecule has 204 valence electrons. The Morgan fingerprint density at radius 3 is 2.72 bits per heavy atom. The van der Waals surface area contributed by atoms with E-state index in [2.05, 4.69) is 49.5 Å². The number of nitrogens with zero attached hydrogens (tertiary/aromatic N) is 3. The maximum absolute atomic E-state index is 12.6. The van der Waals surface area contributed by atoms with Crippen LogP contribution in [-0.2, 0) is 12.8 Å². The first-order valence-electron chi connectivity index (χ1n) is 13.1. The number of halogens is 2. The highest BCUT2D eigenvalue weighted by molar-refractivity contribution is 7.80. The minimum Gasteiger partial charge on any atom is -0.352 e. The third-order valence-electron chi connectivity index (χ3n) is 7.45. The molecule has 2 unspecified atom stereocenters. The molecule has 1 aliphatic heterocycles. The molecule has 2 aromatic heterocycles. The summed E-state index contributed by atoms with van der Waals surface area (Å²) in [5, 5.41) is 7.67. The van der Waals surface area contributed by atoms with Gasteiger partial charge in [-0.15, -0.1) is 0 Å². The second kappa shape index (κ2) is 12.5. The number of aromatic nitrogens is 2. The van der Waals surface area contributed by atoms with Crippen molar-refractivity contribution in [3.8, 4) is 0 Å². The summed E-state index contributed by atoms with van der Waals surface area (Å²) in [6.07, 6.45) is 10.3. The number of rotatable bonds is 7. The average Bonchev–Trinajstić information content (AvgIpc) is 3.28. The van der Waals surface area contributed by atoms with Crippen LogP contribution in [0, 0.1) is 0 Å². The molecule has 0 spiro atoms. The van der Waals surface area contributed by atoms with Gasteiger partial charge in [0.05, 0.1) is 16.6 Å². The lowest BCUT2D eigenvalue weighted by Gasteiger charge is -2.24. The highest BCUT2D eigenvalue weighted by Gasteiger charge is 2.25. The molecule has 5 rings (SSSR count). The lowest BCUT2D eigenvalue weighted by atomic mass is 9.96. The zero-order valence-corrected chi connectivity index (χ0v) is 24.0. The molecule has 3 heterocycles. The van der Waals surface area contributed by atoms with Gasteiger partial charge < -0.3 is 15.5 Å². The summed E-state index contributed by atoms with van der Waals surface area (Å²) in [4.78, 5) is 23.6. The van der Waals surface area contributed by atoms with Crippen molar-refractivity contribution in [2.45, 2.75) is 44.2 Å². The number of anilines is 1. The first kappa shape index (κ1) is 27.6. The second-order valence-electron chi connectivity index (χ2n) is 9.95. The summed E-state index contributed by atoms with van der Waals surface area (Å²) in [6.45, 7) is 1.73. The quantitative estimate of drug-likeness (QED) is 0.235. The van der Waals surface area contributed by atoms with Crippen molar-refractivity contribution >= 4 is 52.3 Å². The molecule has 2 aliphatic rings. The maximum atomic E-state index is 12.6. The van der Waals surface area contributed by atoms with Crippen molar-refractivity contribution in [2.24, 2.45) is 0 Å². The molecular weight excluding hydrogens is 553 g/mol. The van der Waals surface area contributed by atoms with Gasteiger partial charge in [-0.25, -0.2) is 4.98 Å². The van der Waals surface area contributed by atoms with E-state index in [1.165, 1.54) is 30.2 Å². The van der Waals surface area contributed by atoms with E-state index in [1.807, 2.05) is 30.6 Å². The van der Waals surface area contributed by atoms with Gasteiger partial charge in [0.15, 0.2) is 10.9 Å². The number of hydrogen-bond acceptors (Lipinski definition) is 6. The highest BCUT2D eigenvalue weighted by Crippen LogP contribution is 2.33. The fraction of sp³-hybridized carbons (Fsp3) is 0.357. The van der Waals surface area contributed by atoms with Crippen molar-refractivity contribution in [1.29, 1.82) is 0 Å². The molecule has 11 heteroatoms. The number of fused-ring (bicyclic) bond motifs is 2. The van der Waals surface area contributed by atoms with Crippen molar-refractivity contribution in [3.63, 3.8) is 0 Å². The van der Waals surface area contributed by atoms with Crippen molar-refractivity contribution in [2.75, 3.05) is 25.6 Å². The van der Waals surface area contributed by atoms with Gasteiger partial charge in [0, 0.05) is 41.8 Å². The van der Waals surface area contributed by atoms with Crippen molar-refractivity contribution < 1.29 is 4.79 Å². The normalized spacial score (nSPS) is 18.4. The van der Waals surface area contributed by atoms with Gasteiger partial charge in [-0.1, -0.05) is 29.3 Å². The number of carbonyl (C=O) groups excluding carboxylic acids is 1. The number of thiocarbonyl (C=S) groups is 1. The molecular formula is C28H31Cl2N7OS. The fourth-order valence-corrected chi connectivity index (χ4v) is 5.88. The summed E-state index contributed by atoms with van der Waals surface area (Å²) in [6, 6.07) is 9.88. The van der Waals surface area contributed by atoms with Gasteiger partial charge in [-0.05, 0) is 98.9 Å². The predicted octanol–water partition coefficient (Wildman–Crippen LogP) is 4.68. The Morgan fingerprint density at radius 1 is 1.13 bits per heavy atom. The Hall–Kier alpha value is -2.98. The predicted molar refractivity (Wildman–Crippen MR) is 159 cm³/mol. The number of aryl methyl sites for hydroxylation is 2. The van der Waals surface area contributed by atoms with E-state index in [1.54, 1.807) is 6.07 Å². The van der Waals surface area contributed by atoms with Crippen LogP contribution in [-0.4, -0.2) is 52.1 Å². The molecule has 1 amide bonds. The number of benzene rings is 1. The van der Waals surface area contributed by atoms with E-state index in [0.29, 0.717) is 39.1 Å². The van der Waals surface area contributed by atoms with Crippen molar-refractivity contribution in [3.05, 3.63) is 86.8 Å². The number of nitrogens with one attached hydrogen (secondary N) is 4. The van der Waals surface area contributed by atoms with Crippen LogP contribution >= 0.6 is 35.4 Å². The zero-order chi connectivity index (χ0) is 27.4. The molecule has 1 fully saturated rings. The Morgan fingerprint density at radius 2 is 1.95 bits per heavy atom. The van der Waals surface area contributed by atoms with E-state index < -0.39 is 0 Å². The van der Waals surface area contributed by atoms with Crippen molar-refractivity contribution in [1.82, 2.24) is 30.9 Å². The molecule has 2 atom stereocenters. The molecule has 39 heavy (non-hydrogen) atoms. The largest absolute Gasteiger partial charge is 0.352 e. The SMILES string of the molecule is CN1CCCC1CCNC(=O)c1cnc(NNC(=S)NC2c3cnccc3CCc3ccc(Cl)cc32)c(Cl)c1. The van der Waals surface area contributed by atoms with E-state index in [0.717, 1.165) is 36.9 Å². The third-order valence-corrected chi connectivity index (χ3v) is 8.19. The maximum Gasteiger partial charge on any atom is 0.252 e. The Balaban J connectivity index is 1.20. The van der Waals surface area contributed by atoms with E-state index in [4.69, 9.17) is 35.4 Å². The first-order chi connectivity index (χ1) is 18.9. The molecule has 1 aliphatic carbocycles. The summed E-state index contributed by atoms with van der Waals surface area (Å²) < 4.78 is 0. The fourth-order valence-electron chi connectivity index (χ4n) is 5.31. The average molecular weight is 585 g/mol. The van der Waals surface area contributed by atoms with E-state index >= 15 is 0 Å². The van der Waals surface area contributed by atoms with E-state index in [-0.39, 0.29) is 11.9 Å². The van der Waals surface area contributed by atoms with Gasteiger partial charge in [-0.2, -0.15) is 0 Å². The lowest BCUT2D eigenvalue weighted by molar-refractivity contribution is 0.0950. The number of carbonyl (C=O) groups is 1. The Labute approximate surface area is 243 Å². The molecule has 0 radical (unpaired) electrons. The topological polar surface area (TPSA) is 94.2 Å². The Kier molecular flexibility index (Phi) is 8.82. The number of hydrogen-bond donors (Lipinski definition) is 4. The molecule has 0 saturated carbocycles. The number of amides is 1. The van der Waals surface area contributed by atoms with Gasteiger partial charge in [0.2, 0.25) is 0 Å². The van der Waals surface area contributed by atoms with Crippen LogP contribution in [0.1, 0.15) is 57.9 Å². The van der Waals surface area contributed by atoms with Gasteiger partial charge in [0.1, 0.15) is 0 Å². The van der Waals surface area contributed by atoms with Crippen LogP contribution in [0.4, 0.5) is 5.82 Å². The standard InChI is InChI=1S/C28H31Cl2N7OS/c1-37-12-2-3-21(37)9-11-32-27(38)19-13-24(30)26(33-15-19)35-36-28(39)34-25-22-14-20(29)7-6-17(22)4-5-18-8-10-31-16-23(18)25/h6-8,10,13-16,21,25H,2-5,9,11-12H2,1H3,(H,32,38)(H,33,35)(H2,34,36,39). The van der Waals surface area contributed by atoms with Gasteiger partial charge >= 0.3 is 0 Å². The Bertz CT molecular complexity index is 1370. The van der Waals surface area contributed by atoms with Crippen LogP contribution in [0.15, 0.2) is 48.9 Å². The highest BCUT2D eigenvalue weighted by atomic mass is 35.5. The number of pyridine rings is 2. The van der Waals surface area contributed by atoms with Crippen LogP contribution in [0.3, 0.4) is 0 Å². The molecule has 1 aromatic carbocycles. The zero-order valence-electron chi connectivity index (χ0n) is 21.6. The van der Waals surface area contributed by atoms with Crippen LogP contribution < -0.4 is 21.5 Å². The summed E-state index contributed by atoms with van der Waals surface area (Å²) >= 11 is 18.4. The smallest absolute Gasteiger partial charge is 0.252 e.